The molecule has 2 N–H and O–H groups in total. The van der Waals surface area contributed by atoms with E-state index in [1.54, 1.807) is 0 Å². The van der Waals surface area contributed by atoms with Gasteiger partial charge in [0.15, 0.2) is 0 Å². The summed E-state index contributed by atoms with van der Waals surface area (Å²) in [5.74, 6) is 0. The number of aliphatic hydroxyl groups is 1. The van der Waals surface area contributed by atoms with Gasteiger partial charge in [0.1, 0.15) is 5.60 Å². The third kappa shape index (κ3) is 11.6. The van der Waals surface area contributed by atoms with Crippen LogP contribution in [-0.4, -0.2) is 28.9 Å². The summed E-state index contributed by atoms with van der Waals surface area (Å²) in [7, 11) is 0. The highest BCUT2D eigenvalue weighted by molar-refractivity contribution is 5.67. The van der Waals surface area contributed by atoms with Crippen LogP contribution >= 0.6 is 0 Å². The van der Waals surface area contributed by atoms with Gasteiger partial charge in [-0.15, -0.1) is 0 Å². The number of rotatable bonds is 10. The van der Waals surface area contributed by atoms with Gasteiger partial charge in [-0.1, -0.05) is 39.5 Å². The molecule has 0 fully saturated rings. The smallest absolute Gasteiger partial charge is 0.407 e. The van der Waals surface area contributed by atoms with Crippen LogP contribution in [0.2, 0.25) is 0 Å². The van der Waals surface area contributed by atoms with E-state index in [9.17, 15) is 9.90 Å². The molecule has 0 saturated carbocycles. The Balaban J connectivity index is 4.04. The molecule has 0 heterocycles. The van der Waals surface area contributed by atoms with E-state index in [0.29, 0.717) is 6.54 Å². The summed E-state index contributed by atoms with van der Waals surface area (Å²) in [4.78, 5) is 11.5. The molecule has 0 saturated heterocycles. The van der Waals surface area contributed by atoms with Crippen molar-refractivity contribution in [1.29, 1.82) is 0 Å². The lowest BCUT2D eigenvalue weighted by molar-refractivity contribution is 0.00788. The molecule has 1 amide bonds. The number of nitrogens with one attached hydrogen (secondary N) is 1. The highest BCUT2D eigenvalue weighted by atomic mass is 16.6. The maximum atomic E-state index is 11.5. The minimum absolute atomic E-state index is 0.381. The zero-order valence-electron chi connectivity index (χ0n) is 14.6. The van der Waals surface area contributed by atoms with Gasteiger partial charge in [-0.2, -0.15) is 0 Å². The average Bonchev–Trinajstić information content (AvgIpc) is 2.37. The molecule has 0 rings (SSSR count). The molecule has 0 aliphatic heterocycles. The molecule has 0 aliphatic carbocycles. The zero-order chi connectivity index (χ0) is 16.4. The van der Waals surface area contributed by atoms with Gasteiger partial charge in [0, 0.05) is 6.54 Å². The first-order valence-electron chi connectivity index (χ1n) is 8.41. The fourth-order valence-corrected chi connectivity index (χ4v) is 2.31. The summed E-state index contributed by atoms with van der Waals surface area (Å²) >= 11 is 0. The second-order valence-electron chi connectivity index (χ2n) is 6.96. The highest BCUT2D eigenvalue weighted by Gasteiger charge is 2.25. The highest BCUT2D eigenvalue weighted by Crippen LogP contribution is 2.26. The first kappa shape index (κ1) is 20.2. The molecule has 0 spiro atoms. The summed E-state index contributed by atoms with van der Waals surface area (Å²) in [5.41, 5.74) is -1.03. The summed E-state index contributed by atoms with van der Waals surface area (Å²) in [6.07, 6.45) is 7.17. The van der Waals surface area contributed by atoms with E-state index in [2.05, 4.69) is 19.2 Å². The summed E-state index contributed by atoms with van der Waals surface area (Å²) in [5, 5.41) is 13.4. The Hall–Kier alpha value is -0.770. The van der Waals surface area contributed by atoms with Crippen molar-refractivity contribution in [3.05, 3.63) is 0 Å². The van der Waals surface area contributed by atoms with Crippen LogP contribution in [0.3, 0.4) is 0 Å². The third-order valence-corrected chi connectivity index (χ3v) is 3.48. The SMILES string of the molecule is CCCCC(O)(CCCC)CCCNC(=O)OC(C)(C)C. The van der Waals surface area contributed by atoms with E-state index in [1.807, 2.05) is 20.8 Å². The Kier molecular flexibility index (Phi) is 9.67. The molecule has 0 unspecified atom stereocenters. The van der Waals surface area contributed by atoms with E-state index in [1.165, 1.54) is 0 Å². The average molecular weight is 301 g/mol. The molecule has 0 aromatic heterocycles. The third-order valence-electron chi connectivity index (χ3n) is 3.48. The second-order valence-corrected chi connectivity index (χ2v) is 6.96. The normalized spacial score (nSPS) is 12.3. The predicted octanol–water partition coefficient (Wildman–Crippen LogP) is 4.40. The van der Waals surface area contributed by atoms with Crippen molar-refractivity contribution >= 4 is 6.09 Å². The van der Waals surface area contributed by atoms with Gasteiger partial charge in [0.25, 0.3) is 0 Å². The predicted molar refractivity (Wildman–Crippen MR) is 87.5 cm³/mol. The molecule has 0 aromatic rings. The molecule has 0 aliphatic rings. The monoisotopic (exact) mass is 301 g/mol. The zero-order valence-corrected chi connectivity index (χ0v) is 14.6. The summed E-state index contributed by atoms with van der Waals surface area (Å²) in [6, 6.07) is 0. The lowest BCUT2D eigenvalue weighted by Crippen LogP contribution is -2.34. The maximum absolute atomic E-state index is 11.5. The first-order chi connectivity index (χ1) is 9.72. The summed E-state index contributed by atoms with van der Waals surface area (Å²) < 4.78 is 5.19. The number of carbonyl (C=O) groups is 1. The number of ether oxygens (including phenoxy) is 1. The van der Waals surface area contributed by atoms with Crippen LogP contribution in [0.15, 0.2) is 0 Å². The fourth-order valence-electron chi connectivity index (χ4n) is 2.31. The van der Waals surface area contributed by atoms with Gasteiger partial charge >= 0.3 is 6.09 Å². The van der Waals surface area contributed by atoms with Crippen LogP contribution < -0.4 is 5.32 Å². The number of carbonyl (C=O) groups excluding carboxylic acids is 1. The van der Waals surface area contributed by atoms with Crippen molar-refractivity contribution in [2.24, 2.45) is 0 Å². The van der Waals surface area contributed by atoms with Gasteiger partial charge in [-0.3, -0.25) is 0 Å². The maximum Gasteiger partial charge on any atom is 0.407 e. The molecule has 4 nitrogen and oxygen atoms in total. The molecule has 0 aromatic carbocycles. The number of amides is 1. The quantitative estimate of drug-likeness (QED) is 0.588. The van der Waals surface area contributed by atoms with E-state index in [0.717, 1.165) is 51.4 Å². The van der Waals surface area contributed by atoms with Crippen LogP contribution in [0.5, 0.6) is 0 Å². The molecule has 0 atom stereocenters. The van der Waals surface area contributed by atoms with E-state index in [-0.39, 0.29) is 6.09 Å². The Labute approximate surface area is 130 Å². The van der Waals surface area contributed by atoms with Crippen LogP contribution in [-0.2, 0) is 4.74 Å². The first-order valence-corrected chi connectivity index (χ1v) is 8.41. The van der Waals surface area contributed by atoms with Crippen LogP contribution in [0.4, 0.5) is 4.79 Å². The van der Waals surface area contributed by atoms with Crippen molar-refractivity contribution in [2.45, 2.75) is 97.2 Å². The van der Waals surface area contributed by atoms with Gasteiger partial charge in [0.05, 0.1) is 5.60 Å². The molecule has 0 radical (unpaired) electrons. The molecular formula is C17H35NO3. The van der Waals surface area contributed by atoms with Crippen LogP contribution in [0.1, 0.15) is 86.0 Å². The summed E-state index contributed by atoms with van der Waals surface area (Å²) in [6.45, 7) is 10.4. The molecule has 21 heavy (non-hydrogen) atoms. The Morgan fingerprint density at radius 1 is 1.00 bits per heavy atom. The van der Waals surface area contributed by atoms with E-state index < -0.39 is 11.2 Å². The Bertz CT molecular complexity index is 276. The second kappa shape index (κ2) is 10.0. The van der Waals surface area contributed by atoms with Gasteiger partial charge in [0.2, 0.25) is 0 Å². The number of alkyl carbamates (subject to hydrolysis) is 1. The topological polar surface area (TPSA) is 58.6 Å². The molecule has 4 heteroatoms. The van der Waals surface area contributed by atoms with Crippen molar-refractivity contribution in [3.8, 4) is 0 Å². The minimum atomic E-state index is -0.568. The van der Waals surface area contributed by atoms with Crippen molar-refractivity contribution in [3.63, 3.8) is 0 Å². The van der Waals surface area contributed by atoms with Crippen molar-refractivity contribution in [2.75, 3.05) is 6.54 Å². The standard InChI is InChI=1S/C17H35NO3/c1-6-8-11-17(20,12-9-7-2)13-10-14-18-15(19)21-16(3,4)5/h20H,6-14H2,1-5H3,(H,18,19). The molecular weight excluding hydrogens is 266 g/mol. The van der Waals surface area contributed by atoms with E-state index >= 15 is 0 Å². The van der Waals surface area contributed by atoms with Gasteiger partial charge in [-0.25, -0.2) is 4.79 Å². The van der Waals surface area contributed by atoms with Gasteiger partial charge in [-0.05, 0) is 46.5 Å². The number of hydrogen-bond acceptors (Lipinski definition) is 3. The van der Waals surface area contributed by atoms with Gasteiger partial charge < -0.3 is 15.2 Å². The van der Waals surface area contributed by atoms with Crippen LogP contribution in [0, 0.1) is 0 Å². The van der Waals surface area contributed by atoms with Crippen LogP contribution in [0.25, 0.3) is 0 Å². The number of unbranched alkanes of at least 4 members (excludes halogenated alkanes) is 2. The Morgan fingerprint density at radius 3 is 1.90 bits per heavy atom. The van der Waals surface area contributed by atoms with Crippen molar-refractivity contribution < 1.29 is 14.6 Å². The fraction of sp³-hybridized carbons (Fsp3) is 0.941. The molecule has 0 bridgehead atoms. The van der Waals surface area contributed by atoms with Crippen molar-refractivity contribution in [1.82, 2.24) is 5.32 Å². The molecule has 126 valence electrons. The Morgan fingerprint density at radius 2 is 1.48 bits per heavy atom. The van der Waals surface area contributed by atoms with E-state index in [4.69, 9.17) is 4.74 Å². The lowest BCUT2D eigenvalue weighted by Gasteiger charge is -2.28. The minimum Gasteiger partial charge on any atom is -0.444 e. The largest absolute Gasteiger partial charge is 0.444 e. The number of hydrogen-bond donors (Lipinski definition) is 2. The lowest BCUT2D eigenvalue weighted by atomic mass is 9.86.